The van der Waals surface area contributed by atoms with Crippen molar-refractivity contribution in [2.75, 3.05) is 18.4 Å². The maximum atomic E-state index is 11.7. The lowest BCUT2D eigenvalue weighted by atomic mass is 10.0. The maximum Gasteiger partial charge on any atom is 0.245 e. The van der Waals surface area contributed by atoms with Crippen LogP contribution in [0.3, 0.4) is 0 Å². The second-order valence-electron chi connectivity index (χ2n) is 5.16. The molecule has 1 N–H and O–H groups in total. The van der Waals surface area contributed by atoms with Gasteiger partial charge in [0.1, 0.15) is 11.6 Å². The minimum Gasteiger partial charge on any atom is -0.338 e. The van der Waals surface area contributed by atoms with E-state index < -0.39 is 0 Å². The van der Waals surface area contributed by atoms with Crippen LogP contribution in [0.15, 0.2) is 30.3 Å². The Hall–Kier alpha value is -2.28. The highest BCUT2D eigenvalue weighted by Gasteiger charge is 2.27. The number of carbonyl (C=O) groups excluding carboxylic acids is 1. The van der Waals surface area contributed by atoms with Crippen molar-refractivity contribution in [3.8, 4) is 0 Å². The van der Waals surface area contributed by atoms with Crippen LogP contribution in [0.1, 0.15) is 23.9 Å². The van der Waals surface area contributed by atoms with Crippen molar-refractivity contribution in [3.63, 3.8) is 0 Å². The normalized spacial score (nSPS) is 17.5. The first kappa shape index (κ1) is 14.6. The summed E-state index contributed by atoms with van der Waals surface area (Å²) in [6.45, 7) is 6.84. The number of amides is 1. The molecule has 1 aliphatic rings. The first-order valence-corrected chi connectivity index (χ1v) is 7.97. The Kier molecular flexibility index (Phi) is 4.15. The third kappa shape index (κ3) is 3.14. The van der Waals surface area contributed by atoms with E-state index in [0.29, 0.717) is 12.4 Å². The smallest absolute Gasteiger partial charge is 0.245 e. The molecule has 1 fully saturated rings. The van der Waals surface area contributed by atoms with E-state index in [9.17, 15) is 4.79 Å². The number of thiazole rings is 1. The fourth-order valence-corrected chi connectivity index (χ4v) is 3.13. The largest absolute Gasteiger partial charge is 0.338 e. The standard InChI is InChI=1S/C15H17N5OS/c1-3-14(21)20-6-4-11(9-20)12-8-13(18-10(2)17-12)19-15-16-5-7-22-15/h3,5,7-8,11H,1,4,6,9H2,2H3,(H,16,17,18,19)/t11-/m0/s1. The van der Waals surface area contributed by atoms with Gasteiger partial charge in [0.25, 0.3) is 0 Å². The molecule has 2 aromatic rings. The molecule has 0 bridgehead atoms. The first-order valence-electron chi connectivity index (χ1n) is 7.09. The Morgan fingerprint density at radius 2 is 2.41 bits per heavy atom. The molecule has 0 aliphatic carbocycles. The predicted molar refractivity (Wildman–Crippen MR) is 86.3 cm³/mol. The van der Waals surface area contributed by atoms with Gasteiger partial charge in [-0.3, -0.25) is 4.79 Å². The van der Waals surface area contributed by atoms with Gasteiger partial charge < -0.3 is 10.2 Å². The van der Waals surface area contributed by atoms with Crippen molar-refractivity contribution in [1.82, 2.24) is 19.9 Å². The summed E-state index contributed by atoms with van der Waals surface area (Å²) >= 11 is 1.52. The van der Waals surface area contributed by atoms with E-state index in [-0.39, 0.29) is 11.8 Å². The molecule has 0 saturated carbocycles. The SMILES string of the molecule is C=CC(=O)N1CC[C@H](c2cc(Nc3nccs3)nc(C)n2)C1. The molecule has 1 atom stereocenters. The summed E-state index contributed by atoms with van der Waals surface area (Å²) in [6.07, 6.45) is 4.02. The predicted octanol–water partition coefficient (Wildman–Crippen LogP) is 2.49. The summed E-state index contributed by atoms with van der Waals surface area (Å²) in [5, 5.41) is 5.91. The molecule has 3 rings (SSSR count). The quantitative estimate of drug-likeness (QED) is 0.878. The third-order valence-corrected chi connectivity index (χ3v) is 4.31. The lowest BCUT2D eigenvalue weighted by Gasteiger charge is -2.14. The third-order valence-electron chi connectivity index (χ3n) is 3.62. The van der Waals surface area contributed by atoms with Crippen LogP contribution in [-0.4, -0.2) is 38.8 Å². The highest BCUT2D eigenvalue weighted by atomic mass is 32.1. The van der Waals surface area contributed by atoms with E-state index in [1.807, 2.05) is 23.3 Å². The van der Waals surface area contributed by atoms with Crippen LogP contribution in [0.2, 0.25) is 0 Å². The second kappa shape index (κ2) is 6.23. The van der Waals surface area contributed by atoms with Crippen LogP contribution in [0.4, 0.5) is 10.9 Å². The van der Waals surface area contributed by atoms with E-state index in [2.05, 4.69) is 26.8 Å². The van der Waals surface area contributed by atoms with Gasteiger partial charge in [-0.15, -0.1) is 11.3 Å². The van der Waals surface area contributed by atoms with Crippen LogP contribution < -0.4 is 5.32 Å². The maximum absolute atomic E-state index is 11.7. The number of likely N-dealkylation sites (tertiary alicyclic amines) is 1. The number of carbonyl (C=O) groups is 1. The Labute approximate surface area is 132 Å². The lowest BCUT2D eigenvalue weighted by Crippen LogP contribution is -2.26. The average Bonchev–Trinajstić information content (AvgIpc) is 3.17. The fourth-order valence-electron chi connectivity index (χ4n) is 2.59. The van der Waals surface area contributed by atoms with E-state index in [4.69, 9.17) is 0 Å². The van der Waals surface area contributed by atoms with Crippen LogP contribution in [0.5, 0.6) is 0 Å². The van der Waals surface area contributed by atoms with Crippen LogP contribution >= 0.6 is 11.3 Å². The molecule has 22 heavy (non-hydrogen) atoms. The van der Waals surface area contributed by atoms with Crippen molar-refractivity contribution in [1.29, 1.82) is 0 Å². The molecule has 7 heteroatoms. The van der Waals surface area contributed by atoms with Gasteiger partial charge >= 0.3 is 0 Å². The van der Waals surface area contributed by atoms with E-state index in [1.165, 1.54) is 17.4 Å². The summed E-state index contributed by atoms with van der Waals surface area (Å²) in [5.74, 6) is 1.67. The van der Waals surface area contributed by atoms with Gasteiger partial charge in [0.05, 0.1) is 5.69 Å². The second-order valence-corrected chi connectivity index (χ2v) is 6.06. The molecule has 2 aromatic heterocycles. The van der Waals surface area contributed by atoms with E-state index in [1.54, 1.807) is 6.20 Å². The first-order chi connectivity index (χ1) is 10.7. The molecular weight excluding hydrogens is 298 g/mol. The molecule has 1 amide bonds. The zero-order valence-corrected chi connectivity index (χ0v) is 13.1. The van der Waals surface area contributed by atoms with Crippen LogP contribution in [0, 0.1) is 6.92 Å². The molecule has 0 radical (unpaired) electrons. The lowest BCUT2D eigenvalue weighted by molar-refractivity contribution is -0.125. The molecule has 0 unspecified atom stereocenters. The zero-order valence-electron chi connectivity index (χ0n) is 12.3. The van der Waals surface area contributed by atoms with Crippen LogP contribution in [-0.2, 0) is 4.79 Å². The fraction of sp³-hybridized carbons (Fsp3) is 0.333. The molecule has 0 aromatic carbocycles. The molecule has 6 nitrogen and oxygen atoms in total. The Morgan fingerprint density at radius 3 is 3.14 bits per heavy atom. The summed E-state index contributed by atoms with van der Waals surface area (Å²) in [7, 11) is 0. The molecule has 1 saturated heterocycles. The number of nitrogens with zero attached hydrogens (tertiary/aromatic N) is 4. The van der Waals surface area contributed by atoms with Crippen molar-refractivity contribution >= 4 is 28.2 Å². The van der Waals surface area contributed by atoms with Crippen LogP contribution in [0.25, 0.3) is 0 Å². The van der Waals surface area contributed by atoms with Crippen molar-refractivity contribution in [2.24, 2.45) is 0 Å². The molecular formula is C15H17N5OS. The van der Waals surface area contributed by atoms with E-state index >= 15 is 0 Å². The van der Waals surface area contributed by atoms with Crippen molar-refractivity contribution < 1.29 is 4.79 Å². The number of nitrogens with one attached hydrogen (secondary N) is 1. The monoisotopic (exact) mass is 315 g/mol. The average molecular weight is 315 g/mol. The van der Waals surface area contributed by atoms with Gasteiger partial charge in [-0.2, -0.15) is 0 Å². The van der Waals surface area contributed by atoms with Gasteiger partial charge in [-0.05, 0) is 19.4 Å². The molecule has 0 spiro atoms. The highest BCUT2D eigenvalue weighted by molar-refractivity contribution is 7.13. The van der Waals surface area contributed by atoms with Gasteiger partial charge in [0.15, 0.2) is 5.13 Å². The number of hydrogen-bond donors (Lipinski definition) is 1. The number of rotatable bonds is 4. The summed E-state index contributed by atoms with van der Waals surface area (Å²) in [5.41, 5.74) is 0.964. The minimum absolute atomic E-state index is 0.0191. The number of aromatic nitrogens is 3. The molecule has 3 heterocycles. The minimum atomic E-state index is -0.0191. The summed E-state index contributed by atoms with van der Waals surface area (Å²) in [4.78, 5) is 26.6. The van der Waals surface area contributed by atoms with Gasteiger partial charge in [-0.25, -0.2) is 15.0 Å². The number of aryl methyl sites for hydroxylation is 1. The van der Waals surface area contributed by atoms with Gasteiger partial charge in [0, 0.05) is 36.7 Å². The van der Waals surface area contributed by atoms with Gasteiger partial charge in [0.2, 0.25) is 5.91 Å². The Bertz CT molecular complexity index is 685. The zero-order chi connectivity index (χ0) is 15.5. The topological polar surface area (TPSA) is 71.0 Å². The molecule has 114 valence electrons. The Morgan fingerprint density at radius 1 is 1.55 bits per heavy atom. The van der Waals surface area contributed by atoms with Crippen molar-refractivity contribution in [2.45, 2.75) is 19.3 Å². The highest BCUT2D eigenvalue weighted by Crippen LogP contribution is 2.28. The number of hydrogen-bond acceptors (Lipinski definition) is 6. The number of anilines is 2. The summed E-state index contributed by atoms with van der Waals surface area (Å²) < 4.78 is 0. The van der Waals surface area contributed by atoms with Crippen molar-refractivity contribution in [3.05, 3.63) is 41.8 Å². The Balaban J connectivity index is 1.78. The van der Waals surface area contributed by atoms with Gasteiger partial charge in [-0.1, -0.05) is 6.58 Å². The molecule has 1 aliphatic heterocycles. The van der Waals surface area contributed by atoms with E-state index in [0.717, 1.165) is 29.6 Å². The summed E-state index contributed by atoms with van der Waals surface area (Å²) in [6, 6.07) is 1.95.